The summed E-state index contributed by atoms with van der Waals surface area (Å²) in [7, 11) is 0. The van der Waals surface area contributed by atoms with Crippen molar-refractivity contribution < 1.29 is 9.50 Å². The number of aliphatic hydroxyl groups is 1. The summed E-state index contributed by atoms with van der Waals surface area (Å²) in [5.74, 6) is -0.331. The van der Waals surface area contributed by atoms with Crippen molar-refractivity contribution in [2.24, 2.45) is 0 Å². The Morgan fingerprint density at radius 2 is 2.19 bits per heavy atom. The molecule has 1 aliphatic heterocycles. The molecule has 0 amide bonds. The van der Waals surface area contributed by atoms with Crippen LogP contribution in [-0.2, 0) is 0 Å². The molecule has 1 heterocycles. The minimum absolute atomic E-state index is 0.331. The van der Waals surface area contributed by atoms with Crippen molar-refractivity contribution in [1.29, 1.82) is 0 Å². The number of hydrogen-bond acceptors (Lipinski definition) is 2. The summed E-state index contributed by atoms with van der Waals surface area (Å²) in [6, 6.07) is 4.95. The molecule has 86 valence electrons. The molecule has 1 atom stereocenters. The van der Waals surface area contributed by atoms with Gasteiger partial charge in [-0.3, -0.25) is 0 Å². The van der Waals surface area contributed by atoms with Gasteiger partial charge in [0.1, 0.15) is 5.82 Å². The monoisotopic (exact) mass is 221 g/mol. The van der Waals surface area contributed by atoms with Gasteiger partial charge in [-0.1, -0.05) is 18.2 Å². The Bertz CT molecular complexity index is 401. The van der Waals surface area contributed by atoms with E-state index < -0.39 is 6.10 Å². The molecule has 0 spiro atoms. The van der Waals surface area contributed by atoms with Gasteiger partial charge in [0.15, 0.2) is 0 Å². The van der Waals surface area contributed by atoms with Crippen molar-refractivity contribution in [2.45, 2.75) is 19.4 Å². The van der Waals surface area contributed by atoms with Crippen molar-refractivity contribution >= 4 is 5.69 Å². The van der Waals surface area contributed by atoms with Crippen molar-refractivity contribution in [3.05, 3.63) is 41.7 Å². The Balaban J connectivity index is 2.39. The third kappa shape index (κ3) is 2.09. The first kappa shape index (κ1) is 11.1. The molecule has 0 unspecified atom stereocenters. The van der Waals surface area contributed by atoms with Gasteiger partial charge in [-0.2, -0.15) is 0 Å². The lowest BCUT2D eigenvalue weighted by Crippen LogP contribution is -2.28. The molecule has 0 bridgehead atoms. The Morgan fingerprint density at radius 1 is 1.38 bits per heavy atom. The van der Waals surface area contributed by atoms with Crippen LogP contribution in [0.25, 0.3) is 0 Å². The van der Waals surface area contributed by atoms with E-state index >= 15 is 0 Å². The summed E-state index contributed by atoms with van der Waals surface area (Å²) < 4.78 is 13.7. The van der Waals surface area contributed by atoms with Gasteiger partial charge >= 0.3 is 0 Å². The Kier molecular flexibility index (Phi) is 3.25. The summed E-state index contributed by atoms with van der Waals surface area (Å²) >= 11 is 0. The topological polar surface area (TPSA) is 23.5 Å². The second kappa shape index (κ2) is 4.66. The Morgan fingerprint density at radius 3 is 2.81 bits per heavy atom. The zero-order valence-electron chi connectivity index (χ0n) is 9.36. The summed E-state index contributed by atoms with van der Waals surface area (Å²) in [6.45, 7) is 3.25. The minimum atomic E-state index is -0.776. The van der Waals surface area contributed by atoms with Crippen LogP contribution in [0.4, 0.5) is 10.1 Å². The number of hydrogen-bond donors (Lipinski definition) is 1. The lowest BCUT2D eigenvalue weighted by molar-refractivity contribution is 0.194. The van der Waals surface area contributed by atoms with Gasteiger partial charge in [0.2, 0.25) is 0 Å². The zero-order valence-corrected chi connectivity index (χ0v) is 9.36. The predicted molar refractivity (Wildman–Crippen MR) is 63.0 cm³/mol. The molecule has 0 aromatic heterocycles. The van der Waals surface area contributed by atoms with Gasteiger partial charge in [0.25, 0.3) is 0 Å². The minimum Gasteiger partial charge on any atom is -0.389 e. The van der Waals surface area contributed by atoms with E-state index in [9.17, 15) is 9.50 Å². The average Bonchev–Trinajstić information content (AvgIpc) is 2.29. The van der Waals surface area contributed by atoms with E-state index in [0.29, 0.717) is 5.56 Å². The normalized spacial score (nSPS) is 17.6. The Hall–Kier alpha value is -1.35. The molecule has 1 N–H and O–H groups in total. The van der Waals surface area contributed by atoms with E-state index in [1.54, 1.807) is 13.0 Å². The van der Waals surface area contributed by atoms with Gasteiger partial charge in [-0.25, -0.2) is 4.39 Å². The van der Waals surface area contributed by atoms with Gasteiger partial charge in [-0.05, 0) is 25.5 Å². The fraction of sp³-hybridized carbons (Fsp3) is 0.385. The largest absolute Gasteiger partial charge is 0.389 e. The highest BCUT2D eigenvalue weighted by atomic mass is 19.1. The van der Waals surface area contributed by atoms with Gasteiger partial charge in [0, 0.05) is 24.3 Å². The molecule has 1 aromatic carbocycles. The highest BCUT2D eigenvalue weighted by Gasteiger charge is 2.18. The van der Waals surface area contributed by atoms with Gasteiger partial charge in [-0.15, -0.1) is 0 Å². The van der Waals surface area contributed by atoms with Crippen molar-refractivity contribution in [3.63, 3.8) is 0 Å². The second-order valence-corrected chi connectivity index (χ2v) is 4.05. The van der Waals surface area contributed by atoms with E-state index in [1.165, 1.54) is 6.07 Å². The highest BCUT2D eigenvalue weighted by Crippen LogP contribution is 2.29. The van der Waals surface area contributed by atoms with Crippen LogP contribution in [0.5, 0.6) is 0 Å². The quantitative estimate of drug-likeness (QED) is 0.776. The first-order valence-corrected chi connectivity index (χ1v) is 5.56. The molecular weight excluding hydrogens is 205 g/mol. The lowest BCUT2D eigenvalue weighted by atomic mass is 10.1. The van der Waals surface area contributed by atoms with Gasteiger partial charge in [0.05, 0.1) is 6.10 Å². The molecule has 1 aromatic rings. The molecule has 3 heteroatoms. The molecular formula is C13H16FNO. The number of benzene rings is 1. The lowest BCUT2D eigenvalue weighted by Gasteiger charge is -2.28. The number of nitrogens with zero attached hydrogens (tertiary/aromatic N) is 1. The summed E-state index contributed by atoms with van der Waals surface area (Å²) in [6.07, 6.45) is 4.38. The molecule has 0 fully saturated rings. The fourth-order valence-corrected chi connectivity index (χ4v) is 2.08. The molecule has 16 heavy (non-hydrogen) atoms. The number of anilines is 1. The summed E-state index contributed by atoms with van der Waals surface area (Å²) in [5.41, 5.74) is 1.21. The molecule has 0 radical (unpaired) electrons. The molecule has 0 saturated carbocycles. The fourth-order valence-electron chi connectivity index (χ4n) is 2.08. The summed E-state index contributed by atoms with van der Waals surface area (Å²) in [5, 5.41) is 9.63. The van der Waals surface area contributed by atoms with Crippen LogP contribution in [0, 0.1) is 5.82 Å². The third-order valence-corrected chi connectivity index (χ3v) is 2.85. The predicted octanol–water partition coefficient (Wildman–Crippen LogP) is 2.65. The maximum Gasteiger partial charge on any atom is 0.131 e. The SMILES string of the molecule is C[C@H](O)c1c(F)cccc1N1CC=CCC1. The Labute approximate surface area is 95.0 Å². The van der Waals surface area contributed by atoms with Crippen LogP contribution in [-0.4, -0.2) is 18.2 Å². The van der Waals surface area contributed by atoms with E-state index in [1.807, 2.05) is 6.07 Å². The second-order valence-electron chi connectivity index (χ2n) is 4.05. The standard InChI is InChI=1S/C13H16FNO/c1-10(16)13-11(14)6-5-7-12(13)15-8-3-2-4-9-15/h2-3,5-7,10,16H,4,8-9H2,1H3/t10-/m0/s1. The van der Waals surface area contributed by atoms with Crippen LogP contribution in [0.15, 0.2) is 30.4 Å². The molecule has 2 rings (SSSR count). The third-order valence-electron chi connectivity index (χ3n) is 2.85. The maximum atomic E-state index is 13.7. The number of halogens is 1. The first-order valence-electron chi connectivity index (χ1n) is 5.56. The van der Waals surface area contributed by atoms with Crippen LogP contribution >= 0.6 is 0 Å². The molecule has 0 saturated heterocycles. The van der Waals surface area contributed by atoms with E-state index in [-0.39, 0.29) is 5.82 Å². The summed E-state index contributed by atoms with van der Waals surface area (Å²) in [4.78, 5) is 2.09. The average molecular weight is 221 g/mol. The van der Waals surface area contributed by atoms with Crippen LogP contribution in [0.1, 0.15) is 25.0 Å². The van der Waals surface area contributed by atoms with E-state index in [4.69, 9.17) is 0 Å². The maximum absolute atomic E-state index is 13.7. The van der Waals surface area contributed by atoms with Crippen molar-refractivity contribution in [1.82, 2.24) is 0 Å². The zero-order chi connectivity index (χ0) is 11.5. The van der Waals surface area contributed by atoms with E-state index in [0.717, 1.165) is 25.2 Å². The molecule has 0 aliphatic carbocycles. The van der Waals surface area contributed by atoms with Crippen molar-refractivity contribution in [2.75, 3.05) is 18.0 Å². The van der Waals surface area contributed by atoms with Crippen LogP contribution < -0.4 is 4.90 Å². The first-order chi connectivity index (χ1) is 7.70. The number of rotatable bonds is 2. The smallest absolute Gasteiger partial charge is 0.131 e. The molecule has 2 nitrogen and oxygen atoms in total. The van der Waals surface area contributed by atoms with Crippen LogP contribution in [0.3, 0.4) is 0 Å². The van der Waals surface area contributed by atoms with Crippen LogP contribution in [0.2, 0.25) is 0 Å². The van der Waals surface area contributed by atoms with Gasteiger partial charge < -0.3 is 10.0 Å². The van der Waals surface area contributed by atoms with Crippen molar-refractivity contribution in [3.8, 4) is 0 Å². The number of aliphatic hydroxyl groups excluding tert-OH is 1. The molecule has 1 aliphatic rings. The highest BCUT2D eigenvalue weighted by molar-refractivity contribution is 5.56. The van der Waals surface area contributed by atoms with E-state index in [2.05, 4.69) is 17.1 Å².